The monoisotopic (exact) mass is 261 g/mol. The molecule has 2 aliphatic rings. The predicted octanol–water partition coefficient (Wildman–Crippen LogP) is 2.83. The molecular formula is C15H23N3O. The maximum atomic E-state index is 6.00. The SMILES string of the molecule is c1ncc(OC2CCCCCC2)nc1CNC1CC1. The van der Waals surface area contributed by atoms with Crippen molar-refractivity contribution in [2.24, 2.45) is 0 Å². The molecule has 4 nitrogen and oxygen atoms in total. The van der Waals surface area contributed by atoms with E-state index < -0.39 is 0 Å². The van der Waals surface area contributed by atoms with E-state index in [0.717, 1.165) is 25.1 Å². The maximum absolute atomic E-state index is 6.00. The lowest BCUT2D eigenvalue weighted by atomic mass is 10.1. The fourth-order valence-corrected chi connectivity index (χ4v) is 2.60. The molecule has 1 N–H and O–H groups in total. The van der Waals surface area contributed by atoms with Crippen molar-refractivity contribution in [3.63, 3.8) is 0 Å². The molecule has 2 fully saturated rings. The molecular weight excluding hydrogens is 238 g/mol. The Bertz CT molecular complexity index is 398. The normalized spacial score (nSPS) is 21.1. The Morgan fingerprint density at radius 1 is 1.05 bits per heavy atom. The van der Waals surface area contributed by atoms with E-state index in [1.165, 1.54) is 38.5 Å². The van der Waals surface area contributed by atoms with Crippen LogP contribution in [0.3, 0.4) is 0 Å². The van der Waals surface area contributed by atoms with Gasteiger partial charge in [-0.05, 0) is 38.5 Å². The van der Waals surface area contributed by atoms with E-state index >= 15 is 0 Å². The Morgan fingerprint density at radius 3 is 2.58 bits per heavy atom. The lowest BCUT2D eigenvalue weighted by Gasteiger charge is -2.16. The number of ether oxygens (including phenoxy) is 1. The zero-order valence-corrected chi connectivity index (χ0v) is 11.5. The number of hydrogen-bond donors (Lipinski definition) is 1. The highest BCUT2D eigenvalue weighted by Gasteiger charge is 2.20. The van der Waals surface area contributed by atoms with Gasteiger partial charge in [0.1, 0.15) is 6.10 Å². The molecule has 1 aromatic heterocycles. The van der Waals surface area contributed by atoms with Crippen LogP contribution in [0.2, 0.25) is 0 Å². The second kappa shape index (κ2) is 6.33. The Labute approximate surface area is 115 Å². The fourth-order valence-electron chi connectivity index (χ4n) is 2.60. The summed E-state index contributed by atoms with van der Waals surface area (Å²) in [5.41, 5.74) is 0.984. The molecule has 1 aromatic rings. The lowest BCUT2D eigenvalue weighted by Crippen LogP contribution is -2.18. The second-order valence-corrected chi connectivity index (χ2v) is 5.74. The first-order valence-electron chi connectivity index (χ1n) is 7.61. The van der Waals surface area contributed by atoms with Crippen LogP contribution in [0, 0.1) is 0 Å². The first-order valence-corrected chi connectivity index (χ1v) is 7.61. The van der Waals surface area contributed by atoms with E-state index in [9.17, 15) is 0 Å². The average Bonchev–Trinajstić information content (AvgIpc) is 3.25. The van der Waals surface area contributed by atoms with E-state index in [2.05, 4.69) is 15.3 Å². The molecule has 0 atom stereocenters. The topological polar surface area (TPSA) is 47.0 Å². The van der Waals surface area contributed by atoms with Crippen LogP contribution in [0.15, 0.2) is 12.4 Å². The van der Waals surface area contributed by atoms with Gasteiger partial charge < -0.3 is 10.1 Å². The van der Waals surface area contributed by atoms with Crippen LogP contribution >= 0.6 is 0 Å². The van der Waals surface area contributed by atoms with Gasteiger partial charge in [-0.1, -0.05) is 12.8 Å². The zero-order chi connectivity index (χ0) is 12.9. The van der Waals surface area contributed by atoms with Crippen molar-refractivity contribution in [1.29, 1.82) is 0 Å². The van der Waals surface area contributed by atoms with Crippen LogP contribution in [-0.2, 0) is 6.54 Å². The van der Waals surface area contributed by atoms with Crippen molar-refractivity contribution >= 4 is 0 Å². The van der Waals surface area contributed by atoms with E-state index in [1.54, 1.807) is 6.20 Å². The van der Waals surface area contributed by atoms with Gasteiger partial charge in [0.05, 0.1) is 11.9 Å². The summed E-state index contributed by atoms with van der Waals surface area (Å²) in [5.74, 6) is 0.696. The molecule has 4 heteroatoms. The minimum atomic E-state index is 0.337. The zero-order valence-electron chi connectivity index (χ0n) is 11.5. The number of aromatic nitrogens is 2. The first-order chi connectivity index (χ1) is 9.40. The third-order valence-electron chi connectivity index (χ3n) is 3.90. The van der Waals surface area contributed by atoms with Crippen molar-refractivity contribution in [2.75, 3.05) is 0 Å². The van der Waals surface area contributed by atoms with Crippen LogP contribution < -0.4 is 10.1 Å². The molecule has 0 saturated heterocycles. The number of nitrogens with one attached hydrogen (secondary N) is 1. The second-order valence-electron chi connectivity index (χ2n) is 5.74. The molecule has 3 rings (SSSR count). The summed E-state index contributed by atoms with van der Waals surface area (Å²) in [4.78, 5) is 8.79. The van der Waals surface area contributed by atoms with Crippen LogP contribution in [0.25, 0.3) is 0 Å². The highest BCUT2D eigenvalue weighted by atomic mass is 16.5. The summed E-state index contributed by atoms with van der Waals surface area (Å²) >= 11 is 0. The lowest BCUT2D eigenvalue weighted by molar-refractivity contribution is 0.175. The van der Waals surface area contributed by atoms with Crippen LogP contribution in [0.5, 0.6) is 5.88 Å². The summed E-state index contributed by atoms with van der Waals surface area (Å²) < 4.78 is 6.00. The maximum Gasteiger partial charge on any atom is 0.232 e. The standard InChI is InChI=1S/C15H23N3O/c1-2-4-6-14(5-3-1)19-15-11-16-9-13(18-15)10-17-12-7-8-12/h9,11-12,14,17H,1-8,10H2. The summed E-state index contributed by atoms with van der Waals surface area (Å²) in [6.07, 6.45) is 14.1. The molecule has 0 spiro atoms. The van der Waals surface area contributed by atoms with Gasteiger partial charge >= 0.3 is 0 Å². The van der Waals surface area contributed by atoms with Crippen LogP contribution in [0.4, 0.5) is 0 Å². The van der Waals surface area contributed by atoms with Crippen molar-refractivity contribution in [3.8, 4) is 5.88 Å². The highest BCUT2D eigenvalue weighted by molar-refractivity contribution is 5.09. The van der Waals surface area contributed by atoms with Crippen molar-refractivity contribution in [2.45, 2.75) is 70.1 Å². The smallest absolute Gasteiger partial charge is 0.232 e. The molecule has 1 heterocycles. The molecule has 0 aromatic carbocycles. The summed E-state index contributed by atoms with van der Waals surface area (Å²) in [7, 11) is 0. The molecule has 0 radical (unpaired) electrons. The first kappa shape index (κ1) is 12.9. The average molecular weight is 261 g/mol. The summed E-state index contributed by atoms with van der Waals surface area (Å²) in [5, 5.41) is 3.46. The molecule has 19 heavy (non-hydrogen) atoms. The van der Waals surface area contributed by atoms with E-state index in [-0.39, 0.29) is 0 Å². The Balaban J connectivity index is 1.54. The van der Waals surface area contributed by atoms with Crippen molar-refractivity contribution in [1.82, 2.24) is 15.3 Å². The van der Waals surface area contributed by atoms with Gasteiger partial charge in [0.15, 0.2) is 0 Å². The number of nitrogens with zero attached hydrogens (tertiary/aromatic N) is 2. The van der Waals surface area contributed by atoms with Crippen LogP contribution in [0.1, 0.15) is 57.1 Å². The molecule has 2 saturated carbocycles. The minimum Gasteiger partial charge on any atom is -0.473 e. The predicted molar refractivity (Wildman–Crippen MR) is 74.0 cm³/mol. The molecule has 0 amide bonds. The number of hydrogen-bond acceptors (Lipinski definition) is 4. The number of rotatable bonds is 5. The Kier molecular flexibility index (Phi) is 4.28. The fraction of sp³-hybridized carbons (Fsp3) is 0.733. The summed E-state index contributed by atoms with van der Waals surface area (Å²) in [6, 6.07) is 0.702. The van der Waals surface area contributed by atoms with Gasteiger partial charge in [-0.3, -0.25) is 4.98 Å². The van der Waals surface area contributed by atoms with E-state index in [0.29, 0.717) is 18.0 Å². The highest BCUT2D eigenvalue weighted by Crippen LogP contribution is 2.22. The summed E-state index contributed by atoms with van der Waals surface area (Å²) in [6.45, 7) is 0.805. The molecule has 0 bridgehead atoms. The molecule has 104 valence electrons. The van der Waals surface area contributed by atoms with Crippen molar-refractivity contribution in [3.05, 3.63) is 18.1 Å². The van der Waals surface area contributed by atoms with E-state index in [4.69, 9.17) is 4.74 Å². The third kappa shape index (κ3) is 4.16. The quantitative estimate of drug-likeness (QED) is 0.828. The Morgan fingerprint density at radius 2 is 1.84 bits per heavy atom. The third-order valence-corrected chi connectivity index (χ3v) is 3.90. The molecule has 0 aliphatic heterocycles. The largest absolute Gasteiger partial charge is 0.473 e. The Hall–Kier alpha value is -1.16. The van der Waals surface area contributed by atoms with Gasteiger partial charge in [-0.25, -0.2) is 4.98 Å². The molecule has 0 unspecified atom stereocenters. The van der Waals surface area contributed by atoms with E-state index in [1.807, 2.05) is 6.20 Å². The van der Waals surface area contributed by atoms with Gasteiger partial charge in [-0.15, -0.1) is 0 Å². The van der Waals surface area contributed by atoms with Gasteiger partial charge in [-0.2, -0.15) is 0 Å². The van der Waals surface area contributed by atoms with Gasteiger partial charge in [0, 0.05) is 18.8 Å². The minimum absolute atomic E-state index is 0.337. The van der Waals surface area contributed by atoms with Gasteiger partial charge in [0.2, 0.25) is 5.88 Å². The van der Waals surface area contributed by atoms with Crippen LogP contribution in [-0.4, -0.2) is 22.1 Å². The van der Waals surface area contributed by atoms with Crippen molar-refractivity contribution < 1.29 is 4.74 Å². The molecule has 2 aliphatic carbocycles. The van der Waals surface area contributed by atoms with Gasteiger partial charge in [0.25, 0.3) is 0 Å².